The second kappa shape index (κ2) is 7.75. The molecule has 2 heterocycles. The fourth-order valence-corrected chi connectivity index (χ4v) is 3.63. The zero-order valence-electron chi connectivity index (χ0n) is 12.1. The Kier molecular flexibility index (Phi) is 5.98. The molecule has 1 aliphatic heterocycles. The fourth-order valence-electron chi connectivity index (χ4n) is 2.38. The first-order valence-electron chi connectivity index (χ1n) is 7.35. The standard InChI is InChI=1S/C15H25N3S/c1-3-7-16-15-13(6-5-8-17-15)11-18-9-10-19-14(4-2)12-18/h5-6,8,14H,3-4,7,9-12H2,1-2H3,(H,16,17). The molecule has 1 saturated heterocycles. The van der Waals surface area contributed by atoms with Crippen molar-refractivity contribution < 1.29 is 0 Å². The Bertz CT molecular complexity index is 383. The minimum absolute atomic E-state index is 0.803. The summed E-state index contributed by atoms with van der Waals surface area (Å²) in [6.45, 7) is 8.91. The normalized spacial score (nSPS) is 20.4. The number of rotatable bonds is 6. The molecule has 1 aromatic heterocycles. The van der Waals surface area contributed by atoms with E-state index in [4.69, 9.17) is 0 Å². The molecule has 1 aromatic rings. The number of hydrogen-bond acceptors (Lipinski definition) is 4. The molecule has 3 nitrogen and oxygen atoms in total. The Hall–Kier alpha value is -0.740. The van der Waals surface area contributed by atoms with E-state index in [2.05, 4.69) is 46.9 Å². The SMILES string of the molecule is CCCNc1ncccc1CN1CCSC(CC)C1. The molecule has 1 unspecified atom stereocenters. The van der Waals surface area contributed by atoms with Crippen molar-refractivity contribution in [1.29, 1.82) is 0 Å². The molecule has 0 saturated carbocycles. The first-order valence-corrected chi connectivity index (χ1v) is 8.40. The van der Waals surface area contributed by atoms with Crippen molar-refractivity contribution >= 4 is 17.6 Å². The first-order chi connectivity index (χ1) is 9.33. The Morgan fingerprint density at radius 1 is 1.47 bits per heavy atom. The maximum atomic E-state index is 4.48. The summed E-state index contributed by atoms with van der Waals surface area (Å²) in [5, 5.41) is 4.24. The summed E-state index contributed by atoms with van der Waals surface area (Å²) >= 11 is 2.12. The van der Waals surface area contributed by atoms with Gasteiger partial charge in [-0.15, -0.1) is 0 Å². The largest absolute Gasteiger partial charge is 0.370 e. The van der Waals surface area contributed by atoms with E-state index in [1.807, 2.05) is 12.3 Å². The molecule has 0 aliphatic carbocycles. The van der Waals surface area contributed by atoms with Gasteiger partial charge in [0.05, 0.1) is 0 Å². The van der Waals surface area contributed by atoms with Crippen LogP contribution in [0.2, 0.25) is 0 Å². The Balaban J connectivity index is 1.97. The van der Waals surface area contributed by atoms with Crippen LogP contribution in [0.4, 0.5) is 5.82 Å². The van der Waals surface area contributed by atoms with Crippen LogP contribution in [0.5, 0.6) is 0 Å². The van der Waals surface area contributed by atoms with Gasteiger partial charge in [-0.1, -0.05) is 19.9 Å². The Labute approximate surface area is 121 Å². The van der Waals surface area contributed by atoms with Gasteiger partial charge in [0.15, 0.2) is 0 Å². The van der Waals surface area contributed by atoms with E-state index < -0.39 is 0 Å². The lowest BCUT2D eigenvalue weighted by Crippen LogP contribution is -2.37. The third-order valence-electron chi connectivity index (χ3n) is 3.51. The van der Waals surface area contributed by atoms with Gasteiger partial charge in [-0.05, 0) is 18.9 Å². The Morgan fingerprint density at radius 3 is 3.16 bits per heavy atom. The van der Waals surface area contributed by atoms with Crippen LogP contribution in [0, 0.1) is 0 Å². The molecule has 1 N–H and O–H groups in total. The average molecular weight is 279 g/mol. The minimum atomic E-state index is 0.803. The van der Waals surface area contributed by atoms with Crippen LogP contribution in [-0.2, 0) is 6.54 Å². The van der Waals surface area contributed by atoms with E-state index in [0.717, 1.165) is 30.6 Å². The van der Waals surface area contributed by atoms with E-state index in [0.29, 0.717) is 0 Å². The van der Waals surface area contributed by atoms with Gasteiger partial charge >= 0.3 is 0 Å². The summed E-state index contributed by atoms with van der Waals surface area (Å²) in [4.78, 5) is 7.05. The lowest BCUT2D eigenvalue weighted by molar-refractivity contribution is 0.273. The summed E-state index contributed by atoms with van der Waals surface area (Å²) < 4.78 is 0. The number of nitrogens with one attached hydrogen (secondary N) is 1. The number of nitrogens with zero attached hydrogens (tertiary/aromatic N) is 2. The topological polar surface area (TPSA) is 28.2 Å². The number of hydrogen-bond donors (Lipinski definition) is 1. The summed E-state index contributed by atoms with van der Waals surface area (Å²) in [7, 11) is 0. The molecule has 4 heteroatoms. The third-order valence-corrected chi connectivity index (χ3v) is 4.88. The molecule has 0 radical (unpaired) electrons. The van der Waals surface area contributed by atoms with Crippen LogP contribution in [0.25, 0.3) is 0 Å². The van der Waals surface area contributed by atoms with Gasteiger partial charge < -0.3 is 5.32 Å². The molecule has 2 rings (SSSR count). The minimum Gasteiger partial charge on any atom is -0.370 e. The second-order valence-electron chi connectivity index (χ2n) is 5.07. The van der Waals surface area contributed by atoms with E-state index in [9.17, 15) is 0 Å². The van der Waals surface area contributed by atoms with E-state index in [-0.39, 0.29) is 0 Å². The molecule has 0 bridgehead atoms. The highest BCUT2D eigenvalue weighted by Gasteiger charge is 2.19. The Morgan fingerprint density at radius 2 is 2.37 bits per heavy atom. The summed E-state index contributed by atoms with van der Waals surface area (Å²) in [6.07, 6.45) is 4.28. The summed E-state index contributed by atoms with van der Waals surface area (Å²) in [5.74, 6) is 2.33. The van der Waals surface area contributed by atoms with Gasteiger partial charge in [0, 0.05) is 48.9 Å². The van der Waals surface area contributed by atoms with Gasteiger partial charge in [0.1, 0.15) is 5.82 Å². The number of pyridine rings is 1. The molecule has 0 spiro atoms. The van der Waals surface area contributed by atoms with Crippen molar-refractivity contribution in [3.05, 3.63) is 23.9 Å². The van der Waals surface area contributed by atoms with Gasteiger partial charge in [-0.25, -0.2) is 4.98 Å². The summed E-state index contributed by atoms with van der Waals surface area (Å²) in [5.41, 5.74) is 1.33. The highest BCUT2D eigenvalue weighted by molar-refractivity contribution is 8.00. The molecule has 0 amide bonds. The van der Waals surface area contributed by atoms with Crippen LogP contribution >= 0.6 is 11.8 Å². The number of aromatic nitrogens is 1. The van der Waals surface area contributed by atoms with Gasteiger partial charge in [-0.2, -0.15) is 11.8 Å². The summed E-state index contributed by atoms with van der Waals surface area (Å²) in [6, 6.07) is 4.25. The van der Waals surface area contributed by atoms with Crippen molar-refractivity contribution in [1.82, 2.24) is 9.88 Å². The molecular formula is C15H25N3S. The average Bonchev–Trinajstić information content (AvgIpc) is 2.46. The molecular weight excluding hydrogens is 254 g/mol. The van der Waals surface area contributed by atoms with E-state index >= 15 is 0 Å². The van der Waals surface area contributed by atoms with Crippen LogP contribution in [-0.4, -0.2) is 40.5 Å². The maximum absolute atomic E-state index is 4.48. The maximum Gasteiger partial charge on any atom is 0.130 e. The van der Waals surface area contributed by atoms with Crippen molar-refractivity contribution in [2.75, 3.05) is 30.7 Å². The van der Waals surface area contributed by atoms with Gasteiger partial charge in [-0.3, -0.25) is 4.90 Å². The van der Waals surface area contributed by atoms with Crippen LogP contribution in [0.1, 0.15) is 32.3 Å². The quantitative estimate of drug-likeness (QED) is 0.865. The molecule has 1 aliphatic rings. The highest BCUT2D eigenvalue weighted by atomic mass is 32.2. The van der Waals surface area contributed by atoms with Crippen LogP contribution < -0.4 is 5.32 Å². The second-order valence-corrected chi connectivity index (χ2v) is 6.48. The predicted molar refractivity (Wildman–Crippen MR) is 84.8 cm³/mol. The van der Waals surface area contributed by atoms with Crippen LogP contribution in [0.3, 0.4) is 0 Å². The lowest BCUT2D eigenvalue weighted by atomic mass is 10.2. The van der Waals surface area contributed by atoms with Gasteiger partial charge in [0.25, 0.3) is 0 Å². The van der Waals surface area contributed by atoms with Crippen LogP contribution in [0.15, 0.2) is 18.3 Å². The first kappa shape index (κ1) is 14.7. The van der Waals surface area contributed by atoms with Crippen molar-refractivity contribution in [2.45, 2.75) is 38.5 Å². The number of thioether (sulfide) groups is 1. The lowest BCUT2D eigenvalue weighted by Gasteiger charge is -2.32. The monoisotopic (exact) mass is 279 g/mol. The highest BCUT2D eigenvalue weighted by Crippen LogP contribution is 2.23. The fraction of sp³-hybridized carbons (Fsp3) is 0.667. The van der Waals surface area contributed by atoms with Crippen molar-refractivity contribution in [3.63, 3.8) is 0 Å². The zero-order valence-corrected chi connectivity index (χ0v) is 12.9. The molecule has 19 heavy (non-hydrogen) atoms. The smallest absolute Gasteiger partial charge is 0.130 e. The predicted octanol–water partition coefficient (Wildman–Crippen LogP) is 3.23. The molecule has 106 valence electrons. The number of anilines is 1. The zero-order chi connectivity index (χ0) is 13.5. The van der Waals surface area contributed by atoms with Crippen molar-refractivity contribution in [3.8, 4) is 0 Å². The molecule has 1 atom stereocenters. The van der Waals surface area contributed by atoms with E-state index in [1.165, 1.54) is 30.8 Å². The molecule has 1 fully saturated rings. The van der Waals surface area contributed by atoms with Gasteiger partial charge in [0.2, 0.25) is 0 Å². The third kappa shape index (κ3) is 4.39. The molecule has 0 aromatic carbocycles. The van der Waals surface area contributed by atoms with E-state index in [1.54, 1.807) is 0 Å². The van der Waals surface area contributed by atoms with Crippen molar-refractivity contribution in [2.24, 2.45) is 0 Å².